The van der Waals surface area contributed by atoms with Crippen molar-refractivity contribution in [3.63, 3.8) is 0 Å². The minimum absolute atomic E-state index is 0.309. The fraction of sp³-hybridized carbons (Fsp3) is 0.111. The molecule has 25 heavy (non-hydrogen) atoms. The lowest BCUT2D eigenvalue weighted by atomic mass is 10.2. The molecule has 0 saturated heterocycles. The molecular weight excluding hydrogens is 358 g/mol. The lowest BCUT2D eigenvalue weighted by Crippen LogP contribution is -2.28. The number of urea groups is 1. The predicted molar refractivity (Wildman–Crippen MR) is 100 cm³/mol. The molecule has 2 amide bonds. The zero-order chi connectivity index (χ0) is 17.5. The van der Waals surface area contributed by atoms with E-state index in [4.69, 9.17) is 16.3 Å². The molecule has 0 aliphatic rings. The van der Waals surface area contributed by atoms with Crippen LogP contribution in [0.2, 0.25) is 5.02 Å². The van der Waals surface area contributed by atoms with Crippen LogP contribution < -0.4 is 15.4 Å². The van der Waals surface area contributed by atoms with Crippen molar-refractivity contribution in [1.82, 2.24) is 10.3 Å². The minimum atomic E-state index is -0.309. The summed E-state index contributed by atoms with van der Waals surface area (Å²) in [6, 6.07) is 14.3. The summed E-state index contributed by atoms with van der Waals surface area (Å²) in [7, 11) is 0. The van der Waals surface area contributed by atoms with E-state index in [1.54, 1.807) is 23.7 Å². The summed E-state index contributed by atoms with van der Waals surface area (Å²) >= 11 is 7.60. The van der Waals surface area contributed by atoms with Crippen LogP contribution in [0.4, 0.5) is 10.5 Å². The Morgan fingerprint density at radius 3 is 2.88 bits per heavy atom. The second kappa shape index (κ2) is 8.50. The van der Waals surface area contributed by atoms with Gasteiger partial charge in [0.05, 0.1) is 11.2 Å². The summed E-state index contributed by atoms with van der Waals surface area (Å²) in [5.74, 6) is 0.664. The van der Waals surface area contributed by atoms with Crippen LogP contribution in [0.5, 0.6) is 5.75 Å². The number of aromatic nitrogens is 1. The van der Waals surface area contributed by atoms with Crippen LogP contribution in [-0.4, -0.2) is 11.0 Å². The average molecular weight is 374 g/mol. The molecule has 0 aliphatic carbocycles. The summed E-state index contributed by atoms with van der Waals surface area (Å²) < 4.78 is 5.67. The Kier molecular flexibility index (Phi) is 5.87. The largest absolute Gasteiger partial charge is 0.487 e. The van der Waals surface area contributed by atoms with Gasteiger partial charge in [-0.25, -0.2) is 9.78 Å². The fourth-order valence-electron chi connectivity index (χ4n) is 2.12. The molecule has 0 fully saturated rings. The van der Waals surface area contributed by atoms with Crippen molar-refractivity contribution in [2.24, 2.45) is 0 Å². The van der Waals surface area contributed by atoms with Crippen LogP contribution >= 0.6 is 22.9 Å². The van der Waals surface area contributed by atoms with Crippen molar-refractivity contribution in [3.05, 3.63) is 75.7 Å². The van der Waals surface area contributed by atoms with E-state index in [9.17, 15) is 4.79 Å². The molecule has 0 unspecified atom stereocenters. The van der Waals surface area contributed by atoms with E-state index in [2.05, 4.69) is 15.6 Å². The van der Waals surface area contributed by atoms with E-state index in [1.165, 1.54) is 11.3 Å². The Bertz CT molecular complexity index is 840. The summed E-state index contributed by atoms with van der Waals surface area (Å²) in [5.41, 5.74) is 4.15. The van der Waals surface area contributed by atoms with Crippen molar-refractivity contribution in [3.8, 4) is 5.75 Å². The Morgan fingerprint density at radius 2 is 2.08 bits per heavy atom. The SMILES string of the molecule is O=C(NCc1ccccc1Cl)Nc1cccc(OCc2cscn2)c1. The van der Waals surface area contributed by atoms with Gasteiger partial charge in [-0.15, -0.1) is 11.3 Å². The molecular formula is C18H16ClN3O2S. The van der Waals surface area contributed by atoms with Crippen LogP contribution in [0.25, 0.3) is 0 Å². The van der Waals surface area contributed by atoms with Gasteiger partial charge in [-0.05, 0) is 23.8 Å². The van der Waals surface area contributed by atoms with E-state index in [0.717, 1.165) is 11.3 Å². The Labute approximate surface area is 154 Å². The van der Waals surface area contributed by atoms with Gasteiger partial charge in [0.25, 0.3) is 0 Å². The number of carbonyl (C=O) groups excluding carboxylic acids is 1. The van der Waals surface area contributed by atoms with Crippen molar-refractivity contribution >= 4 is 34.7 Å². The number of amides is 2. The van der Waals surface area contributed by atoms with E-state index in [1.807, 2.05) is 35.7 Å². The normalized spacial score (nSPS) is 10.3. The number of hydrogen-bond acceptors (Lipinski definition) is 4. The second-order valence-corrected chi connectivity index (χ2v) is 6.32. The molecule has 0 atom stereocenters. The summed E-state index contributed by atoms with van der Waals surface area (Å²) in [4.78, 5) is 16.2. The van der Waals surface area contributed by atoms with Crippen LogP contribution in [-0.2, 0) is 13.2 Å². The van der Waals surface area contributed by atoms with Crippen molar-refractivity contribution in [2.45, 2.75) is 13.2 Å². The second-order valence-electron chi connectivity index (χ2n) is 5.20. The van der Waals surface area contributed by atoms with E-state index in [0.29, 0.717) is 29.6 Å². The summed E-state index contributed by atoms with van der Waals surface area (Å²) in [5, 5.41) is 8.12. The Morgan fingerprint density at radius 1 is 1.20 bits per heavy atom. The molecule has 3 rings (SSSR count). The molecule has 7 heteroatoms. The lowest BCUT2D eigenvalue weighted by Gasteiger charge is -2.10. The lowest BCUT2D eigenvalue weighted by molar-refractivity contribution is 0.251. The van der Waals surface area contributed by atoms with Crippen molar-refractivity contribution in [2.75, 3.05) is 5.32 Å². The zero-order valence-corrected chi connectivity index (χ0v) is 14.8. The van der Waals surface area contributed by atoms with Gasteiger partial charge in [0.2, 0.25) is 0 Å². The maximum Gasteiger partial charge on any atom is 0.319 e. The van der Waals surface area contributed by atoms with Gasteiger partial charge in [0, 0.05) is 28.7 Å². The first-order valence-electron chi connectivity index (χ1n) is 7.59. The van der Waals surface area contributed by atoms with Gasteiger partial charge in [-0.2, -0.15) is 0 Å². The number of thiazole rings is 1. The third kappa shape index (κ3) is 5.20. The van der Waals surface area contributed by atoms with E-state index < -0.39 is 0 Å². The maximum atomic E-state index is 12.0. The number of hydrogen-bond donors (Lipinski definition) is 2. The Hall–Kier alpha value is -2.57. The summed E-state index contributed by atoms with van der Waals surface area (Å²) in [6.07, 6.45) is 0. The van der Waals surface area contributed by atoms with E-state index >= 15 is 0 Å². The summed E-state index contributed by atoms with van der Waals surface area (Å²) in [6.45, 7) is 0.747. The maximum absolute atomic E-state index is 12.0. The predicted octanol–water partition coefficient (Wildman–Crippen LogP) is 4.70. The standard InChI is InChI=1S/C18H16ClN3O2S/c19-17-7-2-1-4-13(17)9-20-18(23)22-14-5-3-6-16(8-14)24-10-15-11-25-12-21-15/h1-8,11-12H,9-10H2,(H2,20,22,23). The molecule has 5 nitrogen and oxygen atoms in total. The molecule has 0 aliphatic heterocycles. The molecule has 2 aromatic carbocycles. The van der Waals surface area contributed by atoms with Crippen LogP contribution in [0.15, 0.2) is 59.4 Å². The van der Waals surface area contributed by atoms with Crippen molar-refractivity contribution in [1.29, 1.82) is 0 Å². The number of nitrogens with zero attached hydrogens (tertiary/aromatic N) is 1. The molecule has 2 N–H and O–H groups in total. The first kappa shape index (κ1) is 17.3. The molecule has 128 valence electrons. The first-order chi connectivity index (χ1) is 12.2. The monoisotopic (exact) mass is 373 g/mol. The molecule has 3 aromatic rings. The van der Waals surface area contributed by atoms with Gasteiger partial charge < -0.3 is 15.4 Å². The van der Waals surface area contributed by atoms with Crippen LogP contribution in [0.3, 0.4) is 0 Å². The van der Waals surface area contributed by atoms with Gasteiger partial charge >= 0.3 is 6.03 Å². The third-order valence-electron chi connectivity index (χ3n) is 3.36. The first-order valence-corrected chi connectivity index (χ1v) is 8.91. The highest BCUT2D eigenvalue weighted by Gasteiger charge is 2.05. The number of benzene rings is 2. The fourth-order valence-corrected chi connectivity index (χ4v) is 2.87. The van der Waals surface area contributed by atoms with Crippen molar-refractivity contribution < 1.29 is 9.53 Å². The topological polar surface area (TPSA) is 63.2 Å². The van der Waals surface area contributed by atoms with Gasteiger partial charge in [-0.1, -0.05) is 35.9 Å². The highest BCUT2D eigenvalue weighted by Crippen LogP contribution is 2.19. The van der Waals surface area contributed by atoms with Crippen LogP contribution in [0.1, 0.15) is 11.3 Å². The number of rotatable bonds is 6. The van der Waals surface area contributed by atoms with Gasteiger partial charge in [0.15, 0.2) is 0 Å². The number of nitrogens with one attached hydrogen (secondary N) is 2. The van der Waals surface area contributed by atoms with E-state index in [-0.39, 0.29) is 6.03 Å². The molecule has 0 bridgehead atoms. The highest BCUT2D eigenvalue weighted by atomic mass is 35.5. The quantitative estimate of drug-likeness (QED) is 0.658. The van der Waals surface area contributed by atoms with Gasteiger partial charge in [0.1, 0.15) is 12.4 Å². The number of halogens is 1. The average Bonchev–Trinajstić information content (AvgIpc) is 3.13. The molecule has 1 heterocycles. The molecule has 1 aromatic heterocycles. The molecule has 0 saturated carbocycles. The third-order valence-corrected chi connectivity index (χ3v) is 4.36. The smallest absolute Gasteiger partial charge is 0.319 e. The Balaban J connectivity index is 1.52. The molecule has 0 radical (unpaired) electrons. The number of carbonyl (C=O) groups is 1. The van der Waals surface area contributed by atoms with Gasteiger partial charge in [-0.3, -0.25) is 0 Å². The highest BCUT2D eigenvalue weighted by molar-refractivity contribution is 7.07. The van der Waals surface area contributed by atoms with Crippen LogP contribution in [0, 0.1) is 0 Å². The minimum Gasteiger partial charge on any atom is -0.487 e. The number of ether oxygens (including phenoxy) is 1. The number of anilines is 1. The molecule has 0 spiro atoms. The zero-order valence-electron chi connectivity index (χ0n) is 13.2.